The number of ether oxygens (including phenoxy) is 1. The second kappa shape index (κ2) is 5.77. The van der Waals surface area contributed by atoms with E-state index < -0.39 is 5.91 Å². The maximum atomic E-state index is 11.2. The summed E-state index contributed by atoms with van der Waals surface area (Å²) in [4.78, 5) is 11.2. The molecule has 0 spiro atoms. The molecule has 6 heteroatoms. The zero-order valence-corrected chi connectivity index (χ0v) is 11.0. The molecule has 0 aliphatic rings. The van der Waals surface area contributed by atoms with Crippen molar-refractivity contribution in [2.75, 3.05) is 0 Å². The van der Waals surface area contributed by atoms with E-state index in [1.54, 1.807) is 18.2 Å². The molecule has 0 radical (unpaired) electrons. The van der Waals surface area contributed by atoms with Crippen molar-refractivity contribution in [3.8, 4) is 5.75 Å². The summed E-state index contributed by atoms with van der Waals surface area (Å²) in [6, 6.07) is 8.55. The van der Waals surface area contributed by atoms with Crippen molar-refractivity contribution >= 4 is 17.5 Å². The van der Waals surface area contributed by atoms with Crippen LogP contribution in [0.25, 0.3) is 0 Å². The molecule has 0 fully saturated rings. The first-order chi connectivity index (χ1) is 9.10. The lowest BCUT2D eigenvalue weighted by Crippen LogP contribution is -2.29. The Hall–Kier alpha value is -1.98. The summed E-state index contributed by atoms with van der Waals surface area (Å²) in [6.45, 7) is 2.12. The van der Waals surface area contributed by atoms with Gasteiger partial charge in [0.2, 0.25) is 0 Å². The number of rotatable bonds is 4. The molecule has 1 amide bonds. The van der Waals surface area contributed by atoms with Crippen LogP contribution in [0.3, 0.4) is 0 Å². The molecular formula is C13H13ClN2O3. The van der Waals surface area contributed by atoms with E-state index in [0.29, 0.717) is 16.5 Å². The van der Waals surface area contributed by atoms with E-state index in [4.69, 9.17) is 26.6 Å². The highest BCUT2D eigenvalue weighted by atomic mass is 35.5. The summed E-state index contributed by atoms with van der Waals surface area (Å²) in [6.07, 6.45) is 0. The minimum atomic E-state index is -0.478. The monoisotopic (exact) mass is 280 g/mol. The molecule has 2 rings (SSSR count). The second-order valence-corrected chi connectivity index (χ2v) is 4.37. The third-order valence-corrected chi connectivity index (χ3v) is 2.76. The highest BCUT2D eigenvalue weighted by Gasteiger charge is 2.10. The first-order valence-electron chi connectivity index (χ1n) is 5.59. The first-order valence-corrected chi connectivity index (χ1v) is 5.96. The van der Waals surface area contributed by atoms with Gasteiger partial charge in [-0.3, -0.25) is 10.2 Å². The number of furan rings is 1. The molecule has 0 unspecified atom stereocenters. The van der Waals surface area contributed by atoms with Crippen LogP contribution in [0.1, 0.15) is 21.9 Å². The van der Waals surface area contributed by atoms with Crippen LogP contribution >= 0.6 is 11.6 Å². The minimum Gasteiger partial charge on any atom is -0.485 e. The SMILES string of the molecule is Cc1cc(Cl)ccc1OCc1ccc(C(=O)NN)o1. The Labute approximate surface area is 115 Å². The largest absolute Gasteiger partial charge is 0.485 e. The summed E-state index contributed by atoms with van der Waals surface area (Å²) in [7, 11) is 0. The number of aryl methyl sites for hydroxylation is 1. The van der Waals surface area contributed by atoms with Gasteiger partial charge in [-0.25, -0.2) is 5.84 Å². The lowest BCUT2D eigenvalue weighted by atomic mass is 10.2. The highest BCUT2D eigenvalue weighted by Crippen LogP contribution is 2.23. The maximum absolute atomic E-state index is 11.2. The normalized spacial score (nSPS) is 10.3. The zero-order chi connectivity index (χ0) is 13.8. The van der Waals surface area contributed by atoms with Crippen molar-refractivity contribution in [1.29, 1.82) is 0 Å². The molecule has 0 aliphatic heterocycles. The van der Waals surface area contributed by atoms with E-state index in [0.717, 1.165) is 5.56 Å². The van der Waals surface area contributed by atoms with Gasteiger partial charge in [0.15, 0.2) is 5.76 Å². The fraction of sp³-hybridized carbons (Fsp3) is 0.154. The van der Waals surface area contributed by atoms with Gasteiger partial charge in [-0.05, 0) is 42.8 Å². The van der Waals surface area contributed by atoms with Gasteiger partial charge in [0.05, 0.1) is 0 Å². The number of nitrogens with one attached hydrogen (secondary N) is 1. The molecule has 5 nitrogen and oxygen atoms in total. The van der Waals surface area contributed by atoms with Gasteiger partial charge in [0.25, 0.3) is 0 Å². The summed E-state index contributed by atoms with van der Waals surface area (Å²) in [5.74, 6) is 5.93. The molecule has 0 saturated heterocycles. The Morgan fingerprint density at radius 2 is 2.21 bits per heavy atom. The molecule has 1 aromatic carbocycles. The van der Waals surface area contributed by atoms with Crippen LogP contribution in [0, 0.1) is 6.92 Å². The Bertz CT molecular complexity index is 595. The Kier molecular flexibility index (Phi) is 4.09. The van der Waals surface area contributed by atoms with Crippen molar-refractivity contribution in [2.45, 2.75) is 13.5 Å². The predicted molar refractivity (Wildman–Crippen MR) is 70.9 cm³/mol. The Balaban J connectivity index is 2.02. The van der Waals surface area contributed by atoms with Gasteiger partial charge in [-0.15, -0.1) is 0 Å². The van der Waals surface area contributed by atoms with Gasteiger partial charge >= 0.3 is 5.91 Å². The maximum Gasteiger partial charge on any atom is 0.300 e. The number of hydrazine groups is 1. The topological polar surface area (TPSA) is 77.5 Å². The molecule has 0 bridgehead atoms. The molecule has 19 heavy (non-hydrogen) atoms. The number of carbonyl (C=O) groups is 1. The average Bonchev–Trinajstić information content (AvgIpc) is 2.85. The number of hydrogen-bond donors (Lipinski definition) is 2. The minimum absolute atomic E-state index is 0.147. The molecular weight excluding hydrogens is 268 g/mol. The standard InChI is InChI=1S/C13H13ClN2O3/c1-8-6-9(14)2-4-11(8)18-7-10-3-5-12(19-10)13(17)16-15/h2-6H,7,15H2,1H3,(H,16,17). The highest BCUT2D eigenvalue weighted by molar-refractivity contribution is 6.30. The molecule has 100 valence electrons. The van der Waals surface area contributed by atoms with Crippen LogP contribution in [-0.4, -0.2) is 5.91 Å². The number of halogens is 1. The lowest BCUT2D eigenvalue weighted by Gasteiger charge is -2.07. The average molecular weight is 281 g/mol. The molecule has 0 saturated carbocycles. The van der Waals surface area contributed by atoms with Crippen LogP contribution in [0.4, 0.5) is 0 Å². The smallest absolute Gasteiger partial charge is 0.300 e. The van der Waals surface area contributed by atoms with E-state index in [-0.39, 0.29) is 12.4 Å². The third kappa shape index (κ3) is 3.27. The number of nitrogen functional groups attached to an aromatic ring is 1. The molecule has 0 aliphatic carbocycles. The van der Waals surface area contributed by atoms with Gasteiger partial charge in [-0.2, -0.15) is 0 Å². The van der Waals surface area contributed by atoms with Crippen molar-refractivity contribution in [2.24, 2.45) is 5.84 Å². The molecule has 3 N–H and O–H groups in total. The lowest BCUT2D eigenvalue weighted by molar-refractivity contribution is 0.0922. The van der Waals surface area contributed by atoms with Gasteiger partial charge in [0, 0.05) is 5.02 Å². The van der Waals surface area contributed by atoms with Gasteiger partial charge in [-0.1, -0.05) is 11.6 Å². The summed E-state index contributed by atoms with van der Waals surface area (Å²) < 4.78 is 10.9. The van der Waals surface area contributed by atoms with E-state index in [1.807, 2.05) is 18.4 Å². The number of hydrogen-bond acceptors (Lipinski definition) is 4. The van der Waals surface area contributed by atoms with E-state index in [1.165, 1.54) is 6.07 Å². The van der Waals surface area contributed by atoms with Crippen LogP contribution in [0.2, 0.25) is 5.02 Å². The fourth-order valence-corrected chi connectivity index (χ4v) is 1.80. The fourth-order valence-electron chi connectivity index (χ4n) is 1.57. The number of carbonyl (C=O) groups excluding carboxylic acids is 1. The quantitative estimate of drug-likeness (QED) is 0.512. The van der Waals surface area contributed by atoms with Crippen molar-refractivity contribution in [3.05, 3.63) is 52.4 Å². The van der Waals surface area contributed by atoms with Crippen LogP contribution < -0.4 is 16.0 Å². The number of amides is 1. The number of benzene rings is 1. The van der Waals surface area contributed by atoms with Gasteiger partial charge < -0.3 is 9.15 Å². The zero-order valence-electron chi connectivity index (χ0n) is 10.3. The van der Waals surface area contributed by atoms with Crippen LogP contribution in [-0.2, 0) is 6.61 Å². The van der Waals surface area contributed by atoms with E-state index in [2.05, 4.69) is 0 Å². The van der Waals surface area contributed by atoms with Gasteiger partial charge in [0.1, 0.15) is 18.1 Å². The molecule has 1 aromatic heterocycles. The number of nitrogens with two attached hydrogens (primary N) is 1. The molecule has 2 aromatic rings. The predicted octanol–water partition coefficient (Wildman–Crippen LogP) is 2.42. The summed E-state index contributed by atoms with van der Waals surface area (Å²) in [5, 5.41) is 0.657. The van der Waals surface area contributed by atoms with Crippen molar-refractivity contribution in [1.82, 2.24) is 5.43 Å². The second-order valence-electron chi connectivity index (χ2n) is 3.94. The Morgan fingerprint density at radius 1 is 1.42 bits per heavy atom. The first kappa shape index (κ1) is 13.5. The Morgan fingerprint density at radius 3 is 2.89 bits per heavy atom. The summed E-state index contributed by atoms with van der Waals surface area (Å²) in [5.41, 5.74) is 2.93. The third-order valence-electron chi connectivity index (χ3n) is 2.52. The van der Waals surface area contributed by atoms with Crippen LogP contribution in [0.5, 0.6) is 5.75 Å². The van der Waals surface area contributed by atoms with E-state index in [9.17, 15) is 4.79 Å². The van der Waals surface area contributed by atoms with E-state index >= 15 is 0 Å². The molecule has 0 atom stereocenters. The van der Waals surface area contributed by atoms with Crippen LogP contribution in [0.15, 0.2) is 34.7 Å². The summed E-state index contributed by atoms with van der Waals surface area (Å²) >= 11 is 5.86. The molecule has 1 heterocycles. The van der Waals surface area contributed by atoms with Crippen molar-refractivity contribution in [3.63, 3.8) is 0 Å². The van der Waals surface area contributed by atoms with Crippen molar-refractivity contribution < 1.29 is 13.9 Å².